The summed E-state index contributed by atoms with van der Waals surface area (Å²) < 4.78 is 16.5. The van der Waals surface area contributed by atoms with E-state index < -0.39 is 37.8 Å². The van der Waals surface area contributed by atoms with Crippen LogP contribution < -0.4 is 5.32 Å². The maximum Gasteiger partial charge on any atom is 0.256 e. The minimum atomic E-state index is -2.58. The Kier molecular flexibility index (Phi) is 10.6. The van der Waals surface area contributed by atoms with E-state index in [4.69, 9.17) is 28.9 Å². The van der Waals surface area contributed by atoms with Gasteiger partial charge in [0.25, 0.3) is 5.91 Å². The van der Waals surface area contributed by atoms with Crippen LogP contribution in [0.2, 0.25) is 18.1 Å². The van der Waals surface area contributed by atoms with Gasteiger partial charge in [-0.3, -0.25) is 9.36 Å². The maximum absolute atomic E-state index is 13.5. The lowest BCUT2D eigenvalue weighted by molar-refractivity contribution is -0.295. The number of ether oxygens (including phenoxy) is 1. The standard InChI is InChI=1S/C43H47N5O6Si/c1-41(2,3)55(5,6)54-36-34(27-52-51-4)53-43(37(36)49,48-29-46-35-38(44-28-45-39(35)48)47-40(50)30-19-11-7-12-20-30)42(31-21-13-8-14-22-31,32-23-15-9-16-24-32)33-25-17-10-18-26-33/h7-26,28-29,34,36-37,49H,27H2,1-6H3,(H,44,45,47,50)/t34-,36-,37-,43+/m1/s1. The molecule has 2 aromatic heterocycles. The number of imidazole rings is 1. The molecule has 0 saturated carbocycles. The van der Waals surface area contributed by atoms with Gasteiger partial charge in [-0.1, -0.05) is 130 Å². The van der Waals surface area contributed by atoms with Crippen LogP contribution in [0.3, 0.4) is 0 Å². The van der Waals surface area contributed by atoms with E-state index in [0.29, 0.717) is 16.7 Å². The van der Waals surface area contributed by atoms with Crippen LogP contribution >= 0.6 is 0 Å². The second-order valence-electron chi connectivity index (χ2n) is 15.3. The summed E-state index contributed by atoms with van der Waals surface area (Å²) in [6.07, 6.45) is -0.130. The van der Waals surface area contributed by atoms with Gasteiger partial charge in [-0.05, 0) is 47.0 Å². The molecule has 1 fully saturated rings. The molecule has 2 N–H and O–H groups in total. The first-order valence-corrected chi connectivity index (χ1v) is 21.3. The molecule has 1 amide bonds. The van der Waals surface area contributed by atoms with Crippen molar-refractivity contribution in [3.05, 3.63) is 156 Å². The number of aromatic nitrogens is 4. The Morgan fingerprint density at radius 3 is 1.87 bits per heavy atom. The molecule has 0 bridgehead atoms. The molecule has 6 aromatic rings. The Morgan fingerprint density at radius 2 is 1.36 bits per heavy atom. The predicted molar refractivity (Wildman–Crippen MR) is 213 cm³/mol. The number of hydrogen-bond acceptors (Lipinski definition) is 9. The van der Waals surface area contributed by atoms with Gasteiger partial charge >= 0.3 is 0 Å². The molecule has 3 heterocycles. The Hall–Kier alpha value is -5.08. The van der Waals surface area contributed by atoms with Crippen molar-refractivity contribution in [1.82, 2.24) is 19.5 Å². The zero-order valence-corrected chi connectivity index (χ0v) is 32.9. The number of anilines is 1. The molecule has 0 radical (unpaired) electrons. The Morgan fingerprint density at radius 1 is 0.836 bits per heavy atom. The van der Waals surface area contributed by atoms with Crippen LogP contribution in [-0.4, -0.2) is 70.9 Å². The summed E-state index contributed by atoms with van der Waals surface area (Å²) in [6, 6.07) is 38.9. The number of rotatable bonds is 12. The smallest absolute Gasteiger partial charge is 0.256 e. The molecule has 0 aliphatic carbocycles. The van der Waals surface area contributed by atoms with Gasteiger partial charge in [-0.15, -0.1) is 0 Å². The fourth-order valence-corrected chi connectivity index (χ4v) is 8.84. The fourth-order valence-electron chi connectivity index (χ4n) is 7.53. The van der Waals surface area contributed by atoms with Crippen LogP contribution in [0.5, 0.6) is 0 Å². The molecule has 12 heteroatoms. The first-order valence-electron chi connectivity index (χ1n) is 18.4. The van der Waals surface area contributed by atoms with Crippen LogP contribution in [0.15, 0.2) is 134 Å². The first-order chi connectivity index (χ1) is 26.5. The summed E-state index contributed by atoms with van der Waals surface area (Å²) >= 11 is 0. The van der Waals surface area contributed by atoms with E-state index in [9.17, 15) is 9.90 Å². The lowest BCUT2D eigenvalue weighted by Crippen LogP contribution is -2.62. The van der Waals surface area contributed by atoms with Crippen LogP contribution in [0.25, 0.3) is 11.2 Å². The van der Waals surface area contributed by atoms with E-state index in [1.807, 2.05) is 97.1 Å². The quantitative estimate of drug-likeness (QED) is 0.0565. The molecular formula is C43H47N5O6Si. The zero-order valence-electron chi connectivity index (χ0n) is 31.9. The third kappa shape index (κ3) is 6.58. The van der Waals surface area contributed by atoms with Gasteiger partial charge in [-0.2, -0.15) is 0 Å². The lowest BCUT2D eigenvalue weighted by Gasteiger charge is -2.51. The summed E-state index contributed by atoms with van der Waals surface area (Å²) in [6.45, 7) is 10.7. The van der Waals surface area contributed by atoms with Gasteiger partial charge in [0.1, 0.15) is 31.2 Å². The molecular weight excluding hydrogens is 711 g/mol. The highest BCUT2D eigenvalue weighted by molar-refractivity contribution is 6.74. The van der Waals surface area contributed by atoms with E-state index >= 15 is 0 Å². The van der Waals surface area contributed by atoms with Gasteiger partial charge < -0.3 is 19.6 Å². The maximum atomic E-state index is 13.5. The number of aliphatic hydroxyl groups is 1. The van der Waals surface area contributed by atoms with E-state index in [1.165, 1.54) is 13.4 Å². The van der Waals surface area contributed by atoms with Gasteiger partial charge in [0.05, 0.1) is 18.9 Å². The van der Waals surface area contributed by atoms with Crippen molar-refractivity contribution >= 4 is 31.2 Å². The van der Waals surface area contributed by atoms with Gasteiger partial charge in [0.15, 0.2) is 31.0 Å². The number of aliphatic hydroxyl groups excluding tert-OH is 1. The van der Waals surface area contributed by atoms with Gasteiger partial charge in [-0.25, -0.2) is 24.7 Å². The topological polar surface area (TPSA) is 130 Å². The predicted octanol–water partition coefficient (Wildman–Crippen LogP) is 7.49. The molecule has 4 atom stereocenters. The fraction of sp³-hybridized carbons (Fsp3) is 0.302. The third-order valence-electron chi connectivity index (χ3n) is 11.1. The highest BCUT2D eigenvalue weighted by atomic mass is 28.4. The number of nitrogens with one attached hydrogen (secondary N) is 1. The number of carbonyl (C=O) groups is 1. The monoisotopic (exact) mass is 757 g/mol. The average molecular weight is 758 g/mol. The highest BCUT2D eigenvalue weighted by Gasteiger charge is 2.70. The SMILES string of the molecule is COOC[C@H]1O[C@](n2cnc3c(NC(=O)c4ccccc4)ncnc32)(C(c2ccccc2)(c2ccccc2)c2ccccc2)[C@H](O)[C@@H]1O[Si](C)(C)C(C)(C)C. The van der Waals surface area contributed by atoms with Crippen molar-refractivity contribution in [2.24, 2.45) is 0 Å². The molecule has 55 heavy (non-hydrogen) atoms. The number of hydrogen-bond donors (Lipinski definition) is 2. The summed E-state index contributed by atoms with van der Waals surface area (Å²) in [4.78, 5) is 38.3. The van der Waals surface area contributed by atoms with Crippen LogP contribution in [0.1, 0.15) is 47.8 Å². The lowest BCUT2D eigenvalue weighted by atomic mass is 9.60. The van der Waals surface area contributed by atoms with Crippen molar-refractivity contribution in [3.8, 4) is 0 Å². The highest BCUT2D eigenvalue weighted by Crippen LogP contribution is 2.59. The molecule has 1 aliphatic heterocycles. The average Bonchev–Trinajstić information content (AvgIpc) is 3.75. The van der Waals surface area contributed by atoms with Crippen molar-refractivity contribution in [2.75, 3.05) is 19.0 Å². The van der Waals surface area contributed by atoms with E-state index in [1.54, 1.807) is 35.2 Å². The molecule has 0 unspecified atom stereocenters. The Labute approximate surface area is 322 Å². The van der Waals surface area contributed by atoms with Crippen LogP contribution in [-0.2, 0) is 30.1 Å². The number of benzene rings is 4. The van der Waals surface area contributed by atoms with Crippen molar-refractivity contribution in [1.29, 1.82) is 0 Å². The number of fused-ring (bicyclic) bond motifs is 1. The minimum absolute atomic E-state index is 0.0525. The van der Waals surface area contributed by atoms with Crippen LogP contribution in [0, 0.1) is 0 Å². The summed E-state index contributed by atoms with van der Waals surface area (Å²) in [5.41, 5.74) is 0.530. The second-order valence-corrected chi connectivity index (χ2v) is 20.0. The molecule has 11 nitrogen and oxygen atoms in total. The normalized spacial score (nSPS) is 20.5. The second kappa shape index (κ2) is 15.2. The number of amides is 1. The van der Waals surface area contributed by atoms with Crippen molar-refractivity contribution in [3.63, 3.8) is 0 Å². The minimum Gasteiger partial charge on any atom is -0.408 e. The van der Waals surface area contributed by atoms with Crippen LogP contribution in [0.4, 0.5) is 5.82 Å². The Bertz CT molecular complexity index is 2120. The third-order valence-corrected chi connectivity index (χ3v) is 15.6. The molecule has 0 spiro atoms. The molecule has 284 valence electrons. The number of carbonyl (C=O) groups excluding carboxylic acids is 1. The van der Waals surface area contributed by atoms with Crippen molar-refractivity contribution in [2.45, 2.75) is 68.4 Å². The van der Waals surface area contributed by atoms with E-state index in [0.717, 1.165) is 16.7 Å². The molecule has 1 aliphatic rings. The number of nitrogens with zero attached hydrogens (tertiary/aromatic N) is 4. The molecule has 4 aromatic carbocycles. The molecule has 1 saturated heterocycles. The van der Waals surface area contributed by atoms with E-state index in [-0.39, 0.29) is 23.4 Å². The first kappa shape index (κ1) is 38.2. The molecule has 7 rings (SSSR count). The summed E-state index contributed by atoms with van der Waals surface area (Å²) in [5, 5.41) is 16.2. The van der Waals surface area contributed by atoms with Crippen molar-refractivity contribution < 1.29 is 28.8 Å². The van der Waals surface area contributed by atoms with Gasteiger partial charge in [0.2, 0.25) is 0 Å². The Balaban J connectivity index is 1.57. The van der Waals surface area contributed by atoms with Gasteiger partial charge in [0, 0.05) is 5.56 Å². The largest absolute Gasteiger partial charge is 0.408 e. The van der Waals surface area contributed by atoms with E-state index in [2.05, 4.69) is 44.2 Å². The summed E-state index contributed by atoms with van der Waals surface area (Å²) in [5.74, 6) is -0.146. The zero-order chi connectivity index (χ0) is 38.8. The summed E-state index contributed by atoms with van der Waals surface area (Å²) in [7, 11) is -1.14.